The molecular weight excluding hydrogens is 372 g/mol. The Morgan fingerprint density at radius 1 is 0.867 bits per heavy atom. The largest absolute Gasteiger partial charge is 0.508 e. The van der Waals surface area contributed by atoms with Gasteiger partial charge in [0, 0.05) is 5.41 Å². The molecule has 1 fully saturated rings. The van der Waals surface area contributed by atoms with Crippen LogP contribution < -0.4 is 0 Å². The van der Waals surface area contributed by atoms with Gasteiger partial charge in [0.15, 0.2) is 0 Å². The highest BCUT2D eigenvalue weighted by molar-refractivity contribution is 5.45. The van der Waals surface area contributed by atoms with E-state index in [4.69, 9.17) is 0 Å². The van der Waals surface area contributed by atoms with Gasteiger partial charge in [0.25, 0.3) is 0 Å². The Kier molecular flexibility index (Phi) is 4.68. The maximum absolute atomic E-state index is 11.6. The molecule has 3 heteroatoms. The van der Waals surface area contributed by atoms with E-state index in [0.29, 0.717) is 18.6 Å². The van der Waals surface area contributed by atoms with E-state index < -0.39 is 11.7 Å². The fraction of sp³-hybridized carbons (Fsp3) is 0.333. The molecule has 3 aromatic carbocycles. The smallest absolute Gasteiger partial charge is 0.116 e. The summed E-state index contributed by atoms with van der Waals surface area (Å²) in [7, 11) is 0. The van der Waals surface area contributed by atoms with Gasteiger partial charge < -0.3 is 15.3 Å². The van der Waals surface area contributed by atoms with Gasteiger partial charge in [-0.05, 0) is 72.4 Å². The SMILES string of the molecule is Oc1ccc2c(c1)CCC1CC(O)(c3ccccc3)C(O)CC21Cc1ccccc1. The zero-order valence-corrected chi connectivity index (χ0v) is 17.0. The topological polar surface area (TPSA) is 60.7 Å². The predicted octanol–water partition coefficient (Wildman–Crippen LogP) is 4.48. The lowest BCUT2D eigenvalue weighted by atomic mass is 9.51. The number of rotatable bonds is 3. The van der Waals surface area contributed by atoms with E-state index in [9.17, 15) is 15.3 Å². The summed E-state index contributed by atoms with van der Waals surface area (Å²) in [6.45, 7) is 0. The molecule has 154 valence electrons. The van der Waals surface area contributed by atoms with E-state index in [1.165, 1.54) is 16.7 Å². The Hall–Kier alpha value is -2.62. The highest BCUT2D eigenvalue weighted by Crippen LogP contribution is 2.56. The zero-order valence-electron chi connectivity index (χ0n) is 17.0. The first kappa shape index (κ1) is 19.3. The molecule has 4 unspecified atom stereocenters. The summed E-state index contributed by atoms with van der Waals surface area (Å²) in [4.78, 5) is 0. The molecule has 0 heterocycles. The van der Waals surface area contributed by atoms with Crippen molar-refractivity contribution >= 4 is 0 Å². The normalized spacial score (nSPS) is 30.3. The Morgan fingerprint density at radius 3 is 2.30 bits per heavy atom. The Bertz CT molecular complexity index is 1030. The van der Waals surface area contributed by atoms with Gasteiger partial charge in [0.2, 0.25) is 0 Å². The number of benzene rings is 3. The number of aliphatic hydroxyl groups is 2. The number of aromatic hydroxyl groups is 1. The lowest BCUT2D eigenvalue weighted by Gasteiger charge is -2.55. The lowest BCUT2D eigenvalue weighted by Crippen LogP contribution is -2.57. The third kappa shape index (κ3) is 3.05. The second kappa shape index (κ2) is 7.26. The fourth-order valence-corrected chi connectivity index (χ4v) is 6.01. The van der Waals surface area contributed by atoms with Gasteiger partial charge in [-0.1, -0.05) is 66.7 Å². The average Bonchev–Trinajstić information content (AvgIpc) is 2.76. The number of hydrogen-bond acceptors (Lipinski definition) is 3. The molecule has 0 saturated heterocycles. The fourth-order valence-electron chi connectivity index (χ4n) is 6.01. The van der Waals surface area contributed by atoms with Gasteiger partial charge in [0.05, 0.1) is 6.10 Å². The van der Waals surface area contributed by atoms with Crippen LogP contribution in [0.25, 0.3) is 0 Å². The Balaban J connectivity index is 1.62. The van der Waals surface area contributed by atoms with Crippen LogP contribution in [0.3, 0.4) is 0 Å². The van der Waals surface area contributed by atoms with Crippen LogP contribution in [0, 0.1) is 5.92 Å². The second-order valence-corrected chi connectivity index (χ2v) is 9.11. The summed E-state index contributed by atoms with van der Waals surface area (Å²) < 4.78 is 0. The lowest BCUT2D eigenvalue weighted by molar-refractivity contribution is -0.145. The van der Waals surface area contributed by atoms with Crippen molar-refractivity contribution in [2.24, 2.45) is 5.92 Å². The Morgan fingerprint density at radius 2 is 1.57 bits per heavy atom. The molecule has 2 aliphatic rings. The van der Waals surface area contributed by atoms with Crippen LogP contribution in [0.2, 0.25) is 0 Å². The summed E-state index contributed by atoms with van der Waals surface area (Å²) in [6.07, 6.45) is 2.80. The molecule has 2 aliphatic carbocycles. The summed E-state index contributed by atoms with van der Waals surface area (Å²) >= 11 is 0. The highest BCUT2D eigenvalue weighted by atomic mass is 16.3. The molecule has 1 saturated carbocycles. The number of aliphatic hydroxyl groups excluding tert-OH is 1. The van der Waals surface area contributed by atoms with Crippen molar-refractivity contribution in [2.45, 2.75) is 49.2 Å². The molecule has 4 atom stereocenters. The van der Waals surface area contributed by atoms with Crippen LogP contribution in [0.15, 0.2) is 78.9 Å². The van der Waals surface area contributed by atoms with E-state index in [1.54, 1.807) is 6.07 Å². The summed E-state index contributed by atoms with van der Waals surface area (Å²) in [5.41, 5.74) is 2.92. The number of aryl methyl sites for hydroxylation is 1. The number of fused-ring (bicyclic) bond motifs is 3. The van der Waals surface area contributed by atoms with E-state index in [-0.39, 0.29) is 11.3 Å². The molecule has 30 heavy (non-hydrogen) atoms. The molecular formula is C27H28O3. The van der Waals surface area contributed by atoms with Gasteiger partial charge in [-0.2, -0.15) is 0 Å². The van der Waals surface area contributed by atoms with Crippen molar-refractivity contribution in [2.75, 3.05) is 0 Å². The third-order valence-corrected chi connectivity index (χ3v) is 7.47. The maximum atomic E-state index is 11.6. The number of hydrogen-bond donors (Lipinski definition) is 3. The number of phenols is 1. The van der Waals surface area contributed by atoms with Crippen LogP contribution in [-0.2, 0) is 23.9 Å². The summed E-state index contributed by atoms with van der Waals surface area (Å²) in [5.74, 6) is 0.530. The van der Waals surface area contributed by atoms with Crippen molar-refractivity contribution in [1.82, 2.24) is 0 Å². The number of phenolic OH excluding ortho intramolecular Hbond substituents is 1. The molecule has 0 radical (unpaired) electrons. The van der Waals surface area contributed by atoms with Crippen molar-refractivity contribution in [3.05, 3.63) is 101 Å². The molecule has 3 nitrogen and oxygen atoms in total. The minimum atomic E-state index is -1.24. The Labute approximate surface area is 177 Å². The molecule has 0 amide bonds. The third-order valence-electron chi connectivity index (χ3n) is 7.47. The van der Waals surface area contributed by atoms with Gasteiger partial charge >= 0.3 is 0 Å². The van der Waals surface area contributed by atoms with Crippen molar-refractivity contribution in [3.8, 4) is 5.75 Å². The van der Waals surface area contributed by atoms with Crippen LogP contribution >= 0.6 is 0 Å². The molecule has 0 aromatic heterocycles. The van der Waals surface area contributed by atoms with E-state index in [1.807, 2.05) is 48.5 Å². The molecule has 0 spiro atoms. The highest BCUT2D eigenvalue weighted by Gasteiger charge is 2.56. The summed E-state index contributed by atoms with van der Waals surface area (Å²) in [5, 5.41) is 33.0. The van der Waals surface area contributed by atoms with E-state index in [0.717, 1.165) is 24.8 Å². The zero-order chi connectivity index (χ0) is 20.8. The van der Waals surface area contributed by atoms with E-state index >= 15 is 0 Å². The monoisotopic (exact) mass is 400 g/mol. The van der Waals surface area contributed by atoms with Crippen molar-refractivity contribution < 1.29 is 15.3 Å². The molecule has 5 rings (SSSR count). The van der Waals surface area contributed by atoms with Crippen LogP contribution in [-0.4, -0.2) is 21.4 Å². The molecule has 0 bridgehead atoms. The maximum Gasteiger partial charge on any atom is 0.116 e. The molecule has 3 N–H and O–H groups in total. The first-order chi connectivity index (χ1) is 14.5. The van der Waals surface area contributed by atoms with Crippen molar-refractivity contribution in [3.63, 3.8) is 0 Å². The first-order valence-corrected chi connectivity index (χ1v) is 10.8. The molecule has 0 aliphatic heterocycles. The van der Waals surface area contributed by atoms with Gasteiger partial charge in [-0.3, -0.25) is 0 Å². The first-order valence-electron chi connectivity index (χ1n) is 10.8. The van der Waals surface area contributed by atoms with Crippen molar-refractivity contribution in [1.29, 1.82) is 0 Å². The molecule has 3 aromatic rings. The minimum Gasteiger partial charge on any atom is -0.508 e. The quantitative estimate of drug-likeness (QED) is 0.608. The summed E-state index contributed by atoms with van der Waals surface area (Å²) in [6, 6.07) is 25.7. The van der Waals surface area contributed by atoms with E-state index in [2.05, 4.69) is 24.3 Å². The average molecular weight is 401 g/mol. The minimum absolute atomic E-state index is 0.239. The van der Waals surface area contributed by atoms with Crippen LogP contribution in [0.4, 0.5) is 0 Å². The van der Waals surface area contributed by atoms with Gasteiger partial charge in [0.1, 0.15) is 11.4 Å². The second-order valence-electron chi connectivity index (χ2n) is 9.11. The van der Waals surface area contributed by atoms with Gasteiger partial charge in [-0.25, -0.2) is 0 Å². The standard InChI is InChI=1S/C27H28O3/c28-23-13-14-24-20(15-23)11-12-22-17-27(30,21-9-5-2-6-10-21)25(29)18-26(22,24)16-19-7-3-1-4-8-19/h1-10,13-15,22,25,28-30H,11-12,16-18H2. The van der Waals surface area contributed by atoms with Gasteiger partial charge in [-0.15, -0.1) is 0 Å². The van der Waals surface area contributed by atoms with Crippen LogP contribution in [0.5, 0.6) is 5.75 Å². The van der Waals surface area contributed by atoms with Crippen LogP contribution in [0.1, 0.15) is 41.5 Å². The predicted molar refractivity (Wildman–Crippen MR) is 117 cm³/mol.